The fourth-order valence-electron chi connectivity index (χ4n) is 9.19. The van der Waals surface area contributed by atoms with E-state index >= 15 is 0 Å². The fraction of sp³-hybridized carbons (Fsp3) is 0.264. The first-order valence-electron chi connectivity index (χ1n) is 22.6. The number of nitrogens with one attached hydrogen (secondary N) is 3. The summed E-state index contributed by atoms with van der Waals surface area (Å²) in [6, 6.07) is 31.6. The topological polar surface area (TPSA) is 169 Å². The van der Waals surface area contributed by atoms with Crippen LogP contribution < -0.4 is 46.2 Å². The van der Waals surface area contributed by atoms with E-state index in [2.05, 4.69) is 74.2 Å². The van der Waals surface area contributed by atoms with Gasteiger partial charge >= 0.3 is 0 Å². The maximum absolute atomic E-state index is 12.6. The lowest BCUT2D eigenvalue weighted by Crippen LogP contribution is -2.36. The van der Waals surface area contributed by atoms with Gasteiger partial charge in [0.15, 0.2) is 0 Å². The Morgan fingerprint density at radius 3 is 1.70 bits per heavy atom. The monoisotopic (exact) mass is 899 g/mol. The van der Waals surface area contributed by atoms with Gasteiger partial charge in [0.2, 0.25) is 17.0 Å². The Bertz CT molecular complexity index is 3080. The maximum atomic E-state index is 12.6. The van der Waals surface area contributed by atoms with E-state index in [-0.39, 0.29) is 11.1 Å². The molecule has 0 amide bonds. The van der Waals surface area contributed by atoms with Gasteiger partial charge in [0, 0.05) is 126 Å². The molecule has 0 unspecified atom stereocenters. The molecule has 342 valence electrons. The molecule has 14 nitrogen and oxygen atoms in total. The average Bonchev–Trinajstić information content (AvgIpc) is 3.34. The summed E-state index contributed by atoms with van der Waals surface area (Å²) < 4.78 is 28.8. The second-order valence-electron chi connectivity index (χ2n) is 17.3. The number of morpholine rings is 2. The molecule has 5 N–H and O–H groups in total. The maximum Gasteiger partial charge on any atom is 0.250 e. The molecular formula is C53H53N7O7. The van der Waals surface area contributed by atoms with Gasteiger partial charge in [-0.3, -0.25) is 9.59 Å². The summed E-state index contributed by atoms with van der Waals surface area (Å²) in [7, 11) is 1.61. The van der Waals surface area contributed by atoms with Crippen LogP contribution >= 0.6 is 0 Å². The highest BCUT2D eigenvalue weighted by molar-refractivity contribution is 5.77. The van der Waals surface area contributed by atoms with Crippen molar-refractivity contribution >= 4 is 22.7 Å². The second kappa shape index (κ2) is 18.7. The summed E-state index contributed by atoms with van der Waals surface area (Å²) in [5.74, 6) is 3.82. The Kier molecular flexibility index (Phi) is 12.1. The lowest BCUT2D eigenvalue weighted by Gasteiger charge is -2.29. The van der Waals surface area contributed by atoms with Crippen LogP contribution in [0.2, 0.25) is 0 Å². The molecule has 2 saturated heterocycles. The Morgan fingerprint density at radius 2 is 1.18 bits per heavy atom. The number of pyridine rings is 3. The van der Waals surface area contributed by atoms with E-state index in [1.54, 1.807) is 19.2 Å². The number of aromatic amines is 2. The van der Waals surface area contributed by atoms with E-state index in [1.807, 2.05) is 60.8 Å². The van der Waals surface area contributed by atoms with Gasteiger partial charge in [0.05, 0.1) is 44.9 Å². The Hall–Kier alpha value is -7.55. The van der Waals surface area contributed by atoms with Crippen LogP contribution in [0.5, 0.6) is 28.9 Å². The van der Waals surface area contributed by atoms with Gasteiger partial charge in [-0.15, -0.1) is 0 Å². The molecule has 0 aliphatic carbocycles. The van der Waals surface area contributed by atoms with Gasteiger partial charge in [-0.2, -0.15) is 0 Å². The van der Waals surface area contributed by atoms with Crippen LogP contribution in [0.15, 0.2) is 113 Å². The van der Waals surface area contributed by atoms with Crippen LogP contribution in [0.1, 0.15) is 38.9 Å². The van der Waals surface area contributed by atoms with Crippen LogP contribution in [0, 0.1) is 13.8 Å². The molecule has 4 aliphatic rings. The van der Waals surface area contributed by atoms with Crippen LogP contribution in [0.25, 0.3) is 22.5 Å². The van der Waals surface area contributed by atoms with Crippen molar-refractivity contribution in [3.05, 3.63) is 163 Å². The van der Waals surface area contributed by atoms with Crippen LogP contribution in [0.4, 0.5) is 22.7 Å². The van der Waals surface area contributed by atoms with E-state index < -0.39 is 0 Å². The van der Waals surface area contributed by atoms with Crippen molar-refractivity contribution in [2.75, 3.05) is 80.6 Å². The highest BCUT2D eigenvalue weighted by Gasteiger charge is 2.25. The van der Waals surface area contributed by atoms with E-state index in [0.29, 0.717) is 38.9 Å². The van der Waals surface area contributed by atoms with Crippen molar-refractivity contribution in [2.45, 2.75) is 33.2 Å². The third kappa shape index (κ3) is 9.58. The summed E-state index contributed by atoms with van der Waals surface area (Å²) in [5, 5.41) is 3.48. The summed E-state index contributed by atoms with van der Waals surface area (Å²) in [5.41, 5.74) is 20.2. The molecule has 11 rings (SSSR count). The zero-order valence-electron chi connectivity index (χ0n) is 37.9. The number of nitrogens with zero attached hydrogens (tertiary/aromatic N) is 3. The van der Waals surface area contributed by atoms with E-state index in [1.165, 1.54) is 0 Å². The number of H-pyrrole nitrogens is 2. The molecule has 7 aromatic rings. The lowest BCUT2D eigenvalue weighted by molar-refractivity contribution is 0.122. The molecule has 0 saturated carbocycles. The minimum Gasteiger partial charge on any atom is -0.481 e. The number of nitrogens with two attached hydrogens (primary N) is 1. The number of nitrogen functional groups attached to an aromatic ring is 1. The summed E-state index contributed by atoms with van der Waals surface area (Å²) >= 11 is 0. The number of hydrogen-bond donors (Lipinski definition) is 4. The minimum atomic E-state index is -0.127. The van der Waals surface area contributed by atoms with Gasteiger partial charge < -0.3 is 54.5 Å². The Labute approximate surface area is 388 Å². The Balaban J connectivity index is 0.000000162. The molecule has 2 fully saturated rings. The van der Waals surface area contributed by atoms with Gasteiger partial charge in [0.25, 0.3) is 0 Å². The molecule has 7 heterocycles. The molecule has 0 spiro atoms. The lowest BCUT2D eigenvalue weighted by atomic mass is 9.94. The highest BCUT2D eigenvalue weighted by Crippen LogP contribution is 2.45. The van der Waals surface area contributed by atoms with Crippen molar-refractivity contribution in [1.82, 2.24) is 15.0 Å². The quantitative estimate of drug-likeness (QED) is 0.108. The van der Waals surface area contributed by atoms with E-state index in [0.717, 1.165) is 146 Å². The summed E-state index contributed by atoms with van der Waals surface area (Å²) in [6.45, 7) is 10.5. The molecule has 67 heavy (non-hydrogen) atoms. The summed E-state index contributed by atoms with van der Waals surface area (Å²) in [6.07, 6.45) is 3.30. The molecule has 0 bridgehead atoms. The average molecular weight is 900 g/mol. The molecule has 0 atom stereocenters. The Morgan fingerprint density at radius 1 is 0.642 bits per heavy atom. The first-order chi connectivity index (χ1) is 32.6. The highest BCUT2D eigenvalue weighted by atomic mass is 16.5. The molecule has 14 heteroatoms. The standard InChI is InChI=1S/C30H30N4O4.C23H23N3O3/c1-19-11-22-13-21-14-23(31-17-20-3-6-29(36-2)32-18-20)4-5-27(21)38-30(22)25(12-19)26-15-24(16-28(35)33-26)34-7-9-37-10-8-34;1-14-8-16-10-15-11-17(24)2-3-21(15)29-23(16)19(9-14)20-12-18(13-22(27)25-20)26-4-6-28-7-5-26/h3-6,11-12,14-16,18,31H,7-10,13,17H2,1-2H3,(H,33,35);2-3,8-9,11-13H,4-7,10,24H2,1H3,(H,25,27). The number of fused-ring (bicyclic) bond motifs is 4. The smallest absolute Gasteiger partial charge is 0.250 e. The van der Waals surface area contributed by atoms with Crippen molar-refractivity contribution in [3.8, 4) is 51.4 Å². The zero-order chi connectivity index (χ0) is 46.0. The van der Waals surface area contributed by atoms with Gasteiger partial charge in [-0.25, -0.2) is 4.98 Å². The van der Waals surface area contributed by atoms with Gasteiger partial charge in [0.1, 0.15) is 23.0 Å². The number of benzene rings is 4. The SMILES string of the molecule is COc1ccc(CNc2ccc3c(c2)Cc2cc(C)cc(-c4cc(N5CCOCC5)cc(=O)[nH]4)c2O3)cn1.Cc1cc2c(c(-c3cc(N4CCOCC4)cc(=O)[nH]3)c1)Oc1ccc(N)cc1C2. The molecule has 3 aromatic heterocycles. The van der Waals surface area contributed by atoms with E-state index in [4.69, 9.17) is 29.4 Å². The van der Waals surface area contributed by atoms with Crippen molar-refractivity contribution in [3.63, 3.8) is 0 Å². The fourth-order valence-corrected chi connectivity index (χ4v) is 9.19. The van der Waals surface area contributed by atoms with Crippen LogP contribution in [-0.4, -0.2) is 74.7 Å². The minimum absolute atomic E-state index is 0.122. The normalized spacial score (nSPS) is 14.8. The first kappa shape index (κ1) is 43.3. The molecular weight excluding hydrogens is 847 g/mol. The molecule has 4 aromatic carbocycles. The number of anilines is 4. The number of ether oxygens (including phenoxy) is 5. The number of hydrogen-bond acceptors (Lipinski definition) is 12. The van der Waals surface area contributed by atoms with Crippen molar-refractivity contribution < 1.29 is 23.7 Å². The van der Waals surface area contributed by atoms with Crippen molar-refractivity contribution in [1.29, 1.82) is 0 Å². The third-order valence-corrected chi connectivity index (χ3v) is 12.4. The zero-order valence-corrected chi connectivity index (χ0v) is 37.9. The predicted octanol–water partition coefficient (Wildman–Crippen LogP) is 8.36. The number of methoxy groups -OCH3 is 1. The number of rotatable bonds is 8. The van der Waals surface area contributed by atoms with E-state index in [9.17, 15) is 9.59 Å². The number of aryl methyl sites for hydroxylation is 2. The molecule has 4 aliphatic heterocycles. The van der Waals surface area contributed by atoms with Crippen molar-refractivity contribution in [2.24, 2.45) is 0 Å². The van der Waals surface area contributed by atoms with Crippen LogP contribution in [-0.2, 0) is 28.9 Å². The predicted molar refractivity (Wildman–Crippen MR) is 262 cm³/mol. The first-order valence-corrected chi connectivity index (χ1v) is 22.6. The third-order valence-electron chi connectivity index (χ3n) is 12.4. The van der Waals surface area contributed by atoms with Crippen LogP contribution in [0.3, 0.4) is 0 Å². The summed E-state index contributed by atoms with van der Waals surface area (Å²) in [4.78, 5) is 39.8. The number of aromatic nitrogens is 3. The van der Waals surface area contributed by atoms with Gasteiger partial charge in [-0.05, 0) is 91.2 Å². The largest absolute Gasteiger partial charge is 0.481 e. The molecule has 0 radical (unpaired) electrons. The second-order valence-corrected chi connectivity index (χ2v) is 17.3. The van der Waals surface area contributed by atoms with Gasteiger partial charge in [-0.1, -0.05) is 18.2 Å².